The van der Waals surface area contributed by atoms with Crippen LogP contribution in [-0.2, 0) is 4.79 Å². The Bertz CT molecular complexity index is 1420. The summed E-state index contributed by atoms with van der Waals surface area (Å²) in [7, 11) is 1.52. The molecule has 1 amide bonds. The normalized spacial score (nSPS) is 15.3. The summed E-state index contributed by atoms with van der Waals surface area (Å²) in [5.41, 5.74) is 0.961. The van der Waals surface area contributed by atoms with Gasteiger partial charge in [-0.15, -0.1) is 0 Å². The SMILES string of the molecule is C=CCOc1ccc(C2C(C(=O)c3cc4cccc(OC)c4o3)=C(O)C(=O)N2CCN(CC)CC)cc1OCC. The largest absolute Gasteiger partial charge is 0.503 e. The molecule has 2 heterocycles. The maximum atomic E-state index is 14.0. The van der Waals surface area contributed by atoms with Crippen LogP contribution >= 0.6 is 0 Å². The van der Waals surface area contributed by atoms with Crippen molar-refractivity contribution >= 4 is 22.7 Å². The van der Waals surface area contributed by atoms with Crippen LogP contribution in [-0.4, -0.2) is 73.1 Å². The minimum atomic E-state index is -0.863. The Hall–Kier alpha value is -4.24. The van der Waals surface area contributed by atoms with Gasteiger partial charge in [-0.25, -0.2) is 0 Å². The van der Waals surface area contributed by atoms with E-state index in [1.165, 1.54) is 12.0 Å². The number of carbonyl (C=O) groups excluding carboxylic acids is 2. The third-order valence-corrected chi connectivity index (χ3v) is 6.99. The summed E-state index contributed by atoms with van der Waals surface area (Å²) < 4.78 is 22.9. The van der Waals surface area contributed by atoms with Crippen molar-refractivity contribution in [1.29, 1.82) is 0 Å². The molecule has 9 heteroatoms. The maximum absolute atomic E-state index is 14.0. The summed E-state index contributed by atoms with van der Waals surface area (Å²) in [6.45, 7) is 12.8. The second-order valence-corrected chi connectivity index (χ2v) is 9.25. The molecule has 0 saturated carbocycles. The number of ketones is 1. The van der Waals surface area contributed by atoms with Crippen molar-refractivity contribution in [3.05, 3.63) is 77.8 Å². The molecule has 1 aliphatic heterocycles. The van der Waals surface area contributed by atoms with Crippen molar-refractivity contribution in [3.8, 4) is 17.2 Å². The fourth-order valence-electron chi connectivity index (χ4n) is 4.92. The topological polar surface area (TPSA) is 102 Å². The number of rotatable bonds is 14. The van der Waals surface area contributed by atoms with E-state index in [9.17, 15) is 14.7 Å². The number of furan rings is 1. The Labute approximate surface area is 234 Å². The highest BCUT2D eigenvalue weighted by Crippen LogP contribution is 2.42. The van der Waals surface area contributed by atoms with Gasteiger partial charge >= 0.3 is 0 Å². The van der Waals surface area contributed by atoms with Gasteiger partial charge in [0.15, 0.2) is 34.4 Å². The van der Waals surface area contributed by atoms with Crippen molar-refractivity contribution in [1.82, 2.24) is 9.80 Å². The van der Waals surface area contributed by atoms with E-state index in [4.69, 9.17) is 18.6 Å². The first-order valence-electron chi connectivity index (χ1n) is 13.5. The van der Waals surface area contributed by atoms with Crippen LogP contribution in [0.1, 0.15) is 42.9 Å². The van der Waals surface area contributed by atoms with E-state index in [-0.39, 0.29) is 17.9 Å². The zero-order valence-electron chi connectivity index (χ0n) is 23.4. The number of aliphatic hydroxyl groups excluding tert-OH is 1. The molecule has 2 aromatic carbocycles. The van der Waals surface area contributed by atoms with E-state index < -0.39 is 23.5 Å². The number of likely N-dealkylation sites (N-methyl/N-ethyl adjacent to an activating group) is 1. The standard InChI is InChI=1S/C31H36N2O7/c1-6-17-39-22-14-13-20(18-24(22)38-9-4)27-26(29(35)31(36)33(27)16-15-32(7-2)8-3)28(34)25-19-21-11-10-12-23(37-5)30(21)40-25/h6,10-14,18-19,27,35H,1,7-9,15-17H2,2-5H3. The third kappa shape index (κ3) is 5.56. The average molecular weight is 549 g/mol. The lowest BCUT2D eigenvalue weighted by atomic mass is 9.94. The number of para-hydroxylation sites is 1. The number of hydrogen-bond acceptors (Lipinski definition) is 8. The van der Waals surface area contributed by atoms with Crippen LogP contribution in [0.15, 0.2) is 70.9 Å². The van der Waals surface area contributed by atoms with Gasteiger partial charge in [-0.05, 0) is 49.8 Å². The van der Waals surface area contributed by atoms with E-state index in [1.54, 1.807) is 48.5 Å². The number of benzene rings is 2. The lowest BCUT2D eigenvalue weighted by Crippen LogP contribution is -2.38. The molecule has 0 bridgehead atoms. The van der Waals surface area contributed by atoms with Gasteiger partial charge in [0.2, 0.25) is 5.78 Å². The van der Waals surface area contributed by atoms with Crippen LogP contribution in [0.3, 0.4) is 0 Å². The van der Waals surface area contributed by atoms with Gasteiger partial charge in [-0.1, -0.05) is 44.7 Å². The van der Waals surface area contributed by atoms with Gasteiger partial charge in [-0.3, -0.25) is 9.59 Å². The maximum Gasteiger partial charge on any atom is 0.290 e. The highest BCUT2D eigenvalue weighted by Gasteiger charge is 2.44. The molecule has 1 atom stereocenters. The summed E-state index contributed by atoms with van der Waals surface area (Å²) in [5.74, 6) is -0.332. The first-order valence-corrected chi connectivity index (χ1v) is 13.5. The number of hydrogen-bond donors (Lipinski definition) is 1. The number of aliphatic hydroxyl groups is 1. The first-order chi connectivity index (χ1) is 19.4. The van der Waals surface area contributed by atoms with E-state index >= 15 is 0 Å². The zero-order valence-corrected chi connectivity index (χ0v) is 23.4. The smallest absolute Gasteiger partial charge is 0.290 e. The fraction of sp³-hybridized carbons (Fsp3) is 0.355. The molecule has 0 saturated heterocycles. The second-order valence-electron chi connectivity index (χ2n) is 9.25. The van der Waals surface area contributed by atoms with Crippen LogP contribution in [0.25, 0.3) is 11.0 Å². The van der Waals surface area contributed by atoms with Gasteiger partial charge < -0.3 is 33.5 Å². The molecule has 1 aromatic heterocycles. The molecule has 1 unspecified atom stereocenters. The lowest BCUT2D eigenvalue weighted by Gasteiger charge is -2.29. The Kier molecular flexibility index (Phi) is 9.16. The molecule has 0 fully saturated rings. The number of ether oxygens (including phenoxy) is 3. The minimum absolute atomic E-state index is 0.000381. The molecular weight excluding hydrogens is 512 g/mol. The first kappa shape index (κ1) is 28.8. The molecule has 212 valence electrons. The van der Waals surface area contributed by atoms with Crippen molar-refractivity contribution < 1.29 is 33.3 Å². The van der Waals surface area contributed by atoms with Gasteiger partial charge in [-0.2, -0.15) is 0 Å². The molecule has 1 N–H and O–H groups in total. The molecule has 9 nitrogen and oxygen atoms in total. The van der Waals surface area contributed by atoms with E-state index in [1.807, 2.05) is 20.8 Å². The van der Waals surface area contributed by atoms with E-state index in [0.29, 0.717) is 53.5 Å². The van der Waals surface area contributed by atoms with Gasteiger partial charge in [0, 0.05) is 18.5 Å². The Morgan fingerprint density at radius 2 is 1.88 bits per heavy atom. The molecule has 3 aromatic rings. The number of nitrogens with zero attached hydrogens (tertiary/aromatic N) is 2. The molecule has 40 heavy (non-hydrogen) atoms. The highest BCUT2D eigenvalue weighted by atomic mass is 16.5. The Morgan fingerprint density at radius 3 is 2.55 bits per heavy atom. The van der Waals surface area contributed by atoms with Crippen LogP contribution in [0.5, 0.6) is 17.2 Å². The number of methoxy groups -OCH3 is 1. The third-order valence-electron chi connectivity index (χ3n) is 6.99. The number of amides is 1. The van der Waals surface area contributed by atoms with Gasteiger partial charge in [0.25, 0.3) is 5.91 Å². The molecule has 0 radical (unpaired) electrons. The number of carbonyl (C=O) groups is 2. The van der Waals surface area contributed by atoms with Crippen LogP contribution in [0, 0.1) is 0 Å². The summed E-state index contributed by atoms with van der Waals surface area (Å²) >= 11 is 0. The summed E-state index contributed by atoms with van der Waals surface area (Å²) in [6.07, 6.45) is 1.63. The van der Waals surface area contributed by atoms with Gasteiger partial charge in [0.1, 0.15) is 6.61 Å². The van der Waals surface area contributed by atoms with Crippen LogP contribution in [0.2, 0.25) is 0 Å². The monoisotopic (exact) mass is 548 g/mol. The lowest BCUT2D eigenvalue weighted by molar-refractivity contribution is -0.129. The summed E-state index contributed by atoms with van der Waals surface area (Å²) in [5, 5.41) is 11.8. The van der Waals surface area contributed by atoms with Crippen molar-refractivity contribution in [2.45, 2.75) is 26.8 Å². The molecule has 4 rings (SSSR count). The predicted octanol–water partition coefficient (Wildman–Crippen LogP) is 5.33. The average Bonchev–Trinajstić information content (AvgIpc) is 3.52. The van der Waals surface area contributed by atoms with Gasteiger partial charge in [0.05, 0.1) is 25.3 Å². The minimum Gasteiger partial charge on any atom is -0.503 e. The van der Waals surface area contributed by atoms with Crippen LogP contribution < -0.4 is 14.2 Å². The molecular formula is C31H36N2O7. The summed E-state index contributed by atoms with van der Waals surface area (Å²) in [4.78, 5) is 31.1. The molecule has 1 aliphatic rings. The quantitative estimate of drug-likeness (QED) is 0.213. The highest BCUT2D eigenvalue weighted by molar-refractivity contribution is 6.16. The van der Waals surface area contributed by atoms with Crippen molar-refractivity contribution in [3.63, 3.8) is 0 Å². The Balaban J connectivity index is 1.80. The van der Waals surface area contributed by atoms with Crippen molar-refractivity contribution in [2.75, 3.05) is 46.5 Å². The Morgan fingerprint density at radius 1 is 1.10 bits per heavy atom. The molecule has 0 aliphatic carbocycles. The molecule has 0 spiro atoms. The fourth-order valence-corrected chi connectivity index (χ4v) is 4.92. The predicted molar refractivity (Wildman–Crippen MR) is 152 cm³/mol. The second kappa shape index (κ2) is 12.7. The zero-order chi connectivity index (χ0) is 28.8. The van der Waals surface area contributed by atoms with Crippen LogP contribution in [0.4, 0.5) is 0 Å². The van der Waals surface area contributed by atoms with E-state index in [0.717, 1.165) is 13.1 Å². The van der Waals surface area contributed by atoms with Crippen molar-refractivity contribution in [2.24, 2.45) is 0 Å². The summed E-state index contributed by atoms with van der Waals surface area (Å²) in [6, 6.07) is 11.3. The van der Waals surface area contributed by atoms with E-state index in [2.05, 4.69) is 11.5 Å². The number of fused-ring (bicyclic) bond motifs is 1. The number of Topliss-reactive ketones (excluding diaryl/α,β-unsaturated/α-hetero) is 1.